The van der Waals surface area contributed by atoms with Crippen LogP contribution in [0.3, 0.4) is 0 Å². The maximum absolute atomic E-state index is 12.9. The van der Waals surface area contributed by atoms with Crippen LogP contribution >= 0.6 is 0 Å². The van der Waals surface area contributed by atoms with Crippen LogP contribution in [0.15, 0.2) is 41.4 Å². The Hall–Kier alpha value is -1.82. The summed E-state index contributed by atoms with van der Waals surface area (Å²) in [4.78, 5) is 0.254. The lowest BCUT2D eigenvalue weighted by molar-refractivity contribution is 0.537. The zero-order valence-corrected chi connectivity index (χ0v) is 13.8. The molecule has 0 aliphatic carbocycles. The van der Waals surface area contributed by atoms with Crippen LogP contribution in [-0.2, 0) is 22.5 Å². The maximum Gasteiger partial charge on any atom is 0.267 e. The summed E-state index contributed by atoms with van der Waals surface area (Å²) in [6, 6.07) is 9.02. The van der Waals surface area contributed by atoms with Gasteiger partial charge in [0.15, 0.2) is 0 Å². The zero-order chi connectivity index (χ0) is 15.8. The van der Waals surface area contributed by atoms with Crippen LogP contribution in [-0.4, -0.2) is 25.2 Å². The van der Waals surface area contributed by atoms with Gasteiger partial charge in [0.1, 0.15) is 4.90 Å². The average molecular weight is 307 g/mol. The Morgan fingerprint density at radius 1 is 1.14 bits per heavy atom. The Balaban J connectivity index is 2.55. The summed E-state index contributed by atoms with van der Waals surface area (Å²) in [6.45, 7) is 5.87. The van der Waals surface area contributed by atoms with E-state index in [9.17, 15) is 8.42 Å². The Kier molecular flexibility index (Phi) is 3.84. The molecule has 0 amide bonds. The summed E-state index contributed by atoms with van der Waals surface area (Å²) < 4.78 is 28.6. The van der Waals surface area contributed by atoms with Gasteiger partial charge < -0.3 is 0 Å². The molecular formula is C15H21N3O2S. The largest absolute Gasteiger partial charge is 0.274 e. The number of rotatable bonds is 3. The summed E-state index contributed by atoms with van der Waals surface area (Å²) in [5.41, 5.74) is 0.857. The minimum atomic E-state index is -3.63. The number of hydrogen-bond donors (Lipinski definition) is 0. The van der Waals surface area contributed by atoms with Crippen molar-refractivity contribution in [3.8, 4) is 0 Å². The number of para-hydroxylation sites is 1. The van der Waals surface area contributed by atoms with Crippen LogP contribution < -0.4 is 4.31 Å². The lowest BCUT2D eigenvalue weighted by Gasteiger charge is -2.22. The molecule has 0 spiro atoms. The first kappa shape index (κ1) is 15.6. The highest BCUT2D eigenvalue weighted by molar-refractivity contribution is 7.92. The van der Waals surface area contributed by atoms with Crippen LogP contribution in [0.5, 0.6) is 0 Å². The number of benzene rings is 1. The predicted molar refractivity (Wildman–Crippen MR) is 83.9 cm³/mol. The second-order valence-electron chi connectivity index (χ2n) is 6.07. The molecule has 1 heterocycles. The van der Waals surface area contributed by atoms with E-state index in [0.717, 1.165) is 0 Å². The fourth-order valence-electron chi connectivity index (χ4n) is 2.10. The highest BCUT2D eigenvalue weighted by Crippen LogP contribution is 2.30. The Morgan fingerprint density at radius 3 is 2.24 bits per heavy atom. The highest BCUT2D eigenvalue weighted by atomic mass is 32.2. The first-order valence-corrected chi connectivity index (χ1v) is 8.16. The van der Waals surface area contributed by atoms with Crippen molar-refractivity contribution in [2.45, 2.75) is 31.1 Å². The van der Waals surface area contributed by atoms with E-state index in [-0.39, 0.29) is 10.3 Å². The molecule has 5 nitrogen and oxygen atoms in total. The monoisotopic (exact) mass is 307 g/mol. The number of aromatic nitrogens is 2. The smallest absolute Gasteiger partial charge is 0.267 e. The molecule has 0 saturated carbocycles. The molecule has 21 heavy (non-hydrogen) atoms. The van der Waals surface area contributed by atoms with E-state index in [1.165, 1.54) is 4.31 Å². The second-order valence-corrected chi connectivity index (χ2v) is 8.01. The van der Waals surface area contributed by atoms with E-state index in [1.807, 2.05) is 39.0 Å². The lowest BCUT2D eigenvalue weighted by Crippen LogP contribution is -2.28. The summed E-state index contributed by atoms with van der Waals surface area (Å²) in [6.07, 6.45) is 1.56. The fraction of sp³-hybridized carbons (Fsp3) is 0.400. The van der Waals surface area contributed by atoms with E-state index in [0.29, 0.717) is 11.4 Å². The van der Waals surface area contributed by atoms with Gasteiger partial charge in [-0.25, -0.2) is 8.42 Å². The molecule has 1 aromatic heterocycles. The molecule has 0 aliphatic heterocycles. The van der Waals surface area contributed by atoms with Gasteiger partial charge in [-0.3, -0.25) is 8.99 Å². The van der Waals surface area contributed by atoms with Gasteiger partial charge in [0.05, 0.1) is 11.4 Å². The molecule has 0 atom stereocenters. The number of sulfonamides is 1. The number of anilines is 1. The second kappa shape index (κ2) is 5.18. The van der Waals surface area contributed by atoms with Crippen LogP contribution in [0.4, 0.5) is 5.69 Å². The summed E-state index contributed by atoms with van der Waals surface area (Å²) in [5.74, 6) is 0. The molecule has 6 heteroatoms. The minimum absolute atomic E-state index is 0.254. The van der Waals surface area contributed by atoms with Gasteiger partial charge in [0.2, 0.25) is 0 Å². The molecule has 114 valence electrons. The van der Waals surface area contributed by atoms with E-state index in [1.54, 1.807) is 37.1 Å². The lowest BCUT2D eigenvalue weighted by atomic mass is 9.92. The van der Waals surface area contributed by atoms with Crippen molar-refractivity contribution in [1.82, 2.24) is 9.78 Å². The third-order valence-corrected chi connectivity index (χ3v) is 5.05. The van der Waals surface area contributed by atoms with Crippen molar-refractivity contribution in [2.75, 3.05) is 11.4 Å². The minimum Gasteiger partial charge on any atom is -0.274 e. The molecule has 0 saturated heterocycles. The summed E-state index contributed by atoms with van der Waals surface area (Å²) >= 11 is 0. The molecular weight excluding hydrogens is 286 g/mol. The Bertz CT molecular complexity index is 728. The molecule has 0 aliphatic rings. The molecule has 0 bridgehead atoms. The van der Waals surface area contributed by atoms with Crippen molar-refractivity contribution in [3.63, 3.8) is 0 Å². The Labute approximate surface area is 126 Å². The predicted octanol–water partition coefficient (Wildman–Crippen LogP) is 2.54. The molecule has 0 N–H and O–H groups in total. The molecule has 0 fully saturated rings. The zero-order valence-electron chi connectivity index (χ0n) is 13.0. The van der Waals surface area contributed by atoms with Crippen LogP contribution in [0.1, 0.15) is 26.5 Å². The standard InChI is InChI=1S/C15H21N3O2S/c1-15(2,3)14-13(11-17(4)16-14)21(19,20)18(5)12-9-7-6-8-10-12/h6-11H,1-5H3. The molecule has 2 rings (SSSR count). The first-order chi connectivity index (χ1) is 9.64. The number of hydrogen-bond acceptors (Lipinski definition) is 3. The normalized spacial score (nSPS) is 12.4. The first-order valence-electron chi connectivity index (χ1n) is 6.72. The molecule has 0 unspecified atom stereocenters. The van der Waals surface area contributed by atoms with Gasteiger partial charge in [-0.15, -0.1) is 0 Å². The van der Waals surface area contributed by atoms with Crippen LogP contribution in [0, 0.1) is 0 Å². The SMILES string of the molecule is CN(c1ccccc1)S(=O)(=O)c1cn(C)nc1C(C)(C)C. The van der Waals surface area contributed by atoms with Gasteiger partial charge >= 0.3 is 0 Å². The third kappa shape index (κ3) is 2.95. The molecule has 2 aromatic rings. The van der Waals surface area contributed by atoms with Gasteiger partial charge in [-0.2, -0.15) is 5.10 Å². The number of aryl methyl sites for hydroxylation is 1. The van der Waals surface area contributed by atoms with E-state index in [4.69, 9.17) is 0 Å². The van der Waals surface area contributed by atoms with E-state index >= 15 is 0 Å². The third-order valence-electron chi connectivity index (χ3n) is 3.26. The van der Waals surface area contributed by atoms with Crippen molar-refractivity contribution < 1.29 is 8.42 Å². The van der Waals surface area contributed by atoms with Crippen molar-refractivity contribution in [2.24, 2.45) is 7.05 Å². The van der Waals surface area contributed by atoms with Gasteiger partial charge in [-0.1, -0.05) is 39.0 Å². The fourth-order valence-corrected chi connectivity index (χ4v) is 3.67. The van der Waals surface area contributed by atoms with Crippen LogP contribution in [0.2, 0.25) is 0 Å². The quantitative estimate of drug-likeness (QED) is 0.875. The highest BCUT2D eigenvalue weighted by Gasteiger charge is 2.32. The maximum atomic E-state index is 12.9. The summed E-state index contributed by atoms with van der Waals surface area (Å²) in [5, 5.41) is 4.34. The van der Waals surface area contributed by atoms with Gasteiger partial charge in [0, 0.05) is 25.7 Å². The molecule has 1 aromatic carbocycles. The Morgan fingerprint density at radius 2 is 1.71 bits per heavy atom. The van der Waals surface area contributed by atoms with Crippen molar-refractivity contribution in [3.05, 3.63) is 42.2 Å². The number of nitrogens with zero attached hydrogens (tertiary/aromatic N) is 3. The van der Waals surface area contributed by atoms with Crippen molar-refractivity contribution >= 4 is 15.7 Å². The van der Waals surface area contributed by atoms with Gasteiger partial charge in [0.25, 0.3) is 10.0 Å². The topological polar surface area (TPSA) is 55.2 Å². The average Bonchev–Trinajstić information content (AvgIpc) is 2.82. The van der Waals surface area contributed by atoms with Crippen molar-refractivity contribution in [1.29, 1.82) is 0 Å². The summed E-state index contributed by atoms with van der Waals surface area (Å²) in [7, 11) is -0.342. The van der Waals surface area contributed by atoms with Gasteiger partial charge in [-0.05, 0) is 12.1 Å². The molecule has 0 radical (unpaired) electrons. The van der Waals surface area contributed by atoms with E-state index in [2.05, 4.69) is 5.10 Å². The van der Waals surface area contributed by atoms with Crippen LogP contribution in [0.25, 0.3) is 0 Å². The van der Waals surface area contributed by atoms with E-state index < -0.39 is 10.0 Å².